The van der Waals surface area contributed by atoms with Crippen LogP contribution in [0.2, 0.25) is 0 Å². The Kier molecular flexibility index (Phi) is 7.51. The second-order valence-corrected chi connectivity index (χ2v) is 9.08. The molecule has 4 aromatic carbocycles. The molecule has 0 aliphatic heterocycles. The first kappa shape index (κ1) is 24.2. The van der Waals surface area contributed by atoms with Crippen LogP contribution in [0.4, 0.5) is 0 Å². The van der Waals surface area contributed by atoms with Gasteiger partial charge in [0.25, 0.3) is 0 Å². The molecule has 0 unspecified atom stereocenters. The molecule has 0 spiro atoms. The van der Waals surface area contributed by atoms with Crippen LogP contribution in [-0.2, 0) is 31.0 Å². The maximum atomic E-state index is 10.7. The van der Waals surface area contributed by atoms with Crippen molar-refractivity contribution in [1.29, 1.82) is 0 Å². The summed E-state index contributed by atoms with van der Waals surface area (Å²) < 4.78 is 14.1. The van der Waals surface area contributed by atoms with E-state index < -0.39 is 5.97 Å². The van der Waals surface area contributed by atoms with Crippen LogP contribution in [0, 0.1) is 0 Å². The number of benzene rings is 4. The highest BCUT2D eigenvalue weighted by Crippen LogP contribution is 2.24. The zero-order chi connectivity index (χ0) is 25.5. The number of rotatable bonds is 11. The van der Waals surface area contributed by atoms with Crippen molar-refractivity contribution in [2.45, 2.75) is 32.6 Å². The second-order valence-electron chi connectivity index (χ2n) is 9.08. The lowest BCUT2D eigenvalue weighted by Gasteiger charge is -2.10. The van der Waals surface area contributed by atoms with Gasteiger partial charge in [0.1, 0.15) is 24.7 Å². The molecule has 1 N–H and O–H groups in total. The van der Waals surface area contributed by atoms with Gasteiger partial charge in [0.05, 0.1) is 0 Å². The number of aryl methyl sites for hydroxylation is 1. The molecule has 0 radical (unpaired) electrons. The molecule has 5 nitrogen and oxygen atoms in total. The third-order valence-electron chi connectivity index (χ3n) is 6.32. The molecule has 0 amide bonds. The van der Waals surface area contributed by atoms with Crippen LogP contribution in [-0.4, -0.2) is 15.6 Å². The molecule has 0 saturated carbocycles. The molecular weight excluding hydrogens is 462 g/mol. The topological polar surface area (TPSA) is 60.7 Å². The quantitative estimate of drug-likeness (QED) is 0.219. The van der Waals surface area contributed by atoms with Crippen molar-refractivity contribution < 1.29 is 19.4 Å². The van der Waals surface area contributed by atoms with E-state index in [1.807, 2.05) is 48.5 Å². The van der Waals surface area contributed by atoms with Crippen molar-refractivity contribution in [3.8, 4) is 11.5 Å². The Bertz CT molecular complexity index is 1460. The van der Waals surface area contributed by atoms with E-state index in [9.17, 15) is 4.79 Å². The second kappa shape index (κ2) is 11.5. The Labute approximate surface area is 216 Å². The van der Waals surface area contributed by atoms with Crippen molar-refractivity contribution in [3.63, 3.8) is 0 Å². The molecule has 1 heterocycles. The van der Waals surface area contributed by atoms with E-state index in [0.29, 0.717) is 19.6 Å². The number of aromatic nitrogens is 1. The number of aliphatic carboxylic acids is 1. The van der Waals surface area contributed by atoms with Crippen LogP contribution >= 0.6 is 0 Å². The molecule has 5 aromatic rings. The number of fused-ring (bicyclic) bond motifs is 1. The van der Waals surface area contributed by atoms with Crippen LogP contribution in [0.15, 0.2) is 109 Å². The first-order chi connectivity index (χ1) is 18.1. The smallest absolute Gasteiger partial charge is 0.303 e. The zero-order valence-electron chi connectivity index (χ0n) is 20.5. The molecule has 1 aromatic heterocycles. The standard InChI is InChI=1S/C32H29NO4/c34-32(35)17-12-24-10-13-29(14-11-24)36-23-27-8-6-25(7-9-27)21-33-19-18-28-20-30(15-16-31(28)33)37-22-26-4-2-1-3-5-26/h1-11,13-16,18-20H,12,17,21-23H2,(H,34,35). The lowest BCUT2D eigenvalue weighted by Crippen LogP contribution is -2.00. The Morgan fingerprint density at radius 2 is 1.30 bits per heavy atom. The van der Waals surface area contributed by atoms with E-state index in [1.54, 1.807) is 0 Å². The van der Waals surface area contributed by atoms with Crippen molar-refractivity contribution in [2.24, 2.45) is 0 Å². The van der Waals surface area contributed by atoms with Crippen molar-refractivity contribution >= 4 is 16.9 Å². The average Bonchev–Trinajstić information content (AvgIpc) is 3.33. The number of carbonyl (C=O) groups is 1. The Hall–Kier alpha value is -4.51. The van der Waals surface area contributed by atoms with Crippen molar-refractivity contribution in [2.75, 3.05) is 0 Å². The van der Waals surface area contributed by atoms with E-state index in [0.717, 1.165) is 40.1 Å². The van der Waals surface area contributed by atoms with E-state index in [4.69, 9.17) is 14.6 Å². The van der Waals surface area contributed by atoms with Gasteiger partial charge in [-0.3, -0.25) is 4.79 Å². The van der Waals surface area contributed by atoms with Crippen LogP contribution < -0.4 is 9.47 Å². The molecule has 186 valence electrons. The number of carboxylic acid groups (broad SMARTS) is 1. The van der Waals surface area contributed by atoms with Crippen LogP contribution in [0.3, 0.4) is 0 Å². The molecule has 0 atom stereocenters. The number of carboxylic acids is 1. The van der Waals surface area contributed by atoms with Gasteiger partial charge < -0.3 is 19.1 Å². The molecule has 0 fully saturated rings. The number of hydrogen-bond acceptors (Lipinski definition) is 3. The van der Waals surface area contributed by atoms with Gasteiger partial charge in [0.15, 0.2) is 0 Å². The summed E-state index contributed by atoms with van der Waals surface area (Å²) in [7, 11) is 0. The summed E-state index contributed by atoms with van der Waals surface area (Å²) in [6.07, 6.45) is 2.77. The Morgan fingerprint density at radius 3 is 2.03 bits per heavy atom. The molecule has 0 aliphatic carbocycles. The summed E-state index contributed by atoms with van der Waals surface area (Å²) in [6, 6.07) is 34.6. The molecule has 5 rings (SSSR count). The summed E-state index contributed by atoms with van der Waals surface area (Å²) in [5, 5.41) is 9.96. The maximum Gasteiger partial charge on any atom is 0.303 e. The number of hydrogen-bond donors (Lipinski definition) is 1. The van der Waals surface area contributed by atoms with Gasteiger partial charge >= 0.3 is 5.97 Å². The summed E-state index contributed by atoms with van der Waals surface area (Å²) >= 11 is 0. The highest BCUT2D eigenvalue weighted by molar-refractivity contribution is 5.81. The van der Waals surface area contributed by atoms with Gasteiger partial charge in [-0.1, -0.05) is 66.7 Å². The van der Waals surface area contributed by atoms with E-state index in [1.165, 1.54) is 11.1 Å². The lowest BCUT2D eigenvalue weighted by atomic mass is 10.1. The summed E-state index contributed by atoms with van der Waals surface area (Å²) in [5.41, 5.74) is 5.63. The van der Waals surface area contributed by atoms with Gasteiger partial charge in [0, 0.05) is 30.1 Å². The van der Waals surface area contributed by atoms with Crippen LogP contribution in [0.5, 0.6) is 11.5 Å². The SMILES string of the molecule is O=C(O)CCc1ccc(OCc2ccc(Cn3ccc4cc(OCc5ccccc5)ccc43)cc2)cc1. The van der Waals surface area contributed by atoms with Crippen molar-refractivity contribution in [1.82, 2.24) is 4.57 Å². The highest BCUT2D eigenvalue weighted by Gasteiger charge is 2.06. The van der Waals surface area contributed by atoms with Gasteiger partial charge in [-0.2, -0.15) is 0 Å². The third-order valence-corrected chi connectivity index (χ3v) is 6.32. The van der Waals surface area contributed by atoms with Crippen LogP contribution in [0.25, 0.3) is 10.9 Å². The molecule has 0 saturated heterocycles. The van der Waals surface area contributed by atoms with E-state index >= 15 is 0 Å². The minimum atomic E-state index is -0.785. The minimum absolute atomic E-state index is 0.134. The normalized spacial score (nSPS) is 10.9. The third kappa shape index (κ3) is 6.58. The Balaban J connectivity index is 1.15. The molecule has 0 bridgehead atoms. The molecule has 5 heteroatoms. The molecule has 37 heavy (non-hydrogen) atoms. The fraction of sp³-hybridized carbons (Fsp3) is 0.156. The lowest BCUT2D eigenvalue weighted by molar-refractivity contribution is -0.136. The van der Waals surface area contributed by atoms with Crippen molar-refractivity contribution in [3.05, 3.63) is 132 Å². The first-order valence-corrected chi connectivity index (χ1v) is 12.4. The fourth-order valence-electron chi connectivity index (χ4n) is 4.25. The summed E-state index contributed by atoms with van der Waals surface area (Å²) in [5.74, 6) is 0.856. The largest absolute Gasteiger partial charge is 0.489 e. The maximum absolute atomic E-state index is 10.7. The first-order valence-electron chi connectivity index (χ1n) is 12.4. The van der Waals surface area contributed by atoms with Gasteiger partial charge in [0.2, 0.25) is 0 Å². The fourth-order valence-corrected chi connectivity index (χ4v) is 4.25. The molecule has 0 aliphatic rings. The Morgan fingerprint density at radius 1 is 0.676 bits per heavy atom. The molecular formula is C32H29NO4. The van der Waals surface area contributed by atoms with Crippen LogP contribution in [0.1, 0.15) is 28.7 Å². The summed E-state index contributed by atoms with van der Waals surface area (Å²) in [4.78, 5) is 10.7. The monoisotopic (exact) mass is 491 g/mol. The predicted octanol–water partition coefficient (Wildman–Crippen LogP) is 6.86. The van der Waals surface area contributed by atoms with E-state index in [-0.39, 0.29) is 6.42 Å². The van der Waals surface area contributed by atoms with Gasteiger partial charge in [-0.15, -0.1) is 0 Å². The predicted molar refractivity (Wildman–Crippen MR) is 145 cm³/mol. The average molecular weight is 492 g/mol. The van der Waals surface area contributed by atoms with Gasteiger partial charge in [-0.25, -0.2) is 0 Å². The zero-order valence-corrected chi connectivity index (χ0v) is 20.5. The number of ether oxygens (including phenoxy) is 2. The van der Waals surface area contributed by atoms with Gasteiger partial charge in [-0.05, 0) is 65.1 Å². The minimum Gasteiger partial charge on any atom is -0.489 e. The summed E-state index contributed by atoms with van der Waals surface area (Å²) in [6.45, 7) is 1.82. The van der Waals surface area contributed by atoms with E-state index in [2.05, 4.69) is 65.4 Å². The highest BCUT2D eigenvalue weighted by atomic mass is 16.5. The number of nitrogens with zero attached hydrogens (tertiary/aromatic N) is 1.